The minimum atomic E-state index is -0.533. The predicted octanol–water partition coefficient (Wildman–Crippen LogP) is 5.46. The molecule has 168 valence electrons. The zero-order valence-corrected chi connectivity index (χ0v) is 20.6. The summed E-state index contributed by atoms with van der Waals surface area (Å²) < 4.78 is 0. The summed E-state index contributed by atoms with van der Waals surface area (Å²) in [7, 11) is 0. The molecule has 0 heterocycles. The quantitative estimate of drug-likeness (QED) is 0.464. The van der Waals surface area contributed by atoms with Gasteiger partial charge in [-0.2, -0.15) is 0 Å². The third-order valence-corrected chi connectivity index (χ3v) is 6.39. The molecule has 1 unspecified atom stereocenters. The van der Waals surface area contributed by atoms with Gasteiger partial charge in [0, 0.05) is 28.9 Å². The Hall–Kier alpha value is -1.69. The summed E-state index contributed by atoms with van der Waals surface area (Å²) in [5.41, 5.74) is 2.07. The van der Waals surface area contributed by atoms with E-state index in [1.807, 2.05) is 50.2 Å². The average Bonchev–Trinajstić information content (AvgIpc) is 2.74. The van der Waals surface area contributed by atoms with Crippen LogP contribution < -0.4 is 5.32 Å². The fourth-order valence-electron chi connectivity index (χ4n) is 2.99. The lowest BCUT2D eigenvalue weighted by Crippen LogP contribution is -2.50. The van der Waals surface area contributed by atoms with Gasteiger partial charge in [-0.15, -0.1) is 11.8 Å². The number of rotatable bonds is 11. The number of halogens is 2. The highest BCUT2D eigenvalue weighted by Crippen LogP contribution is 2.25. The van der Waals surface area contributed by atoms with Gasteiger partial charge in [-0.25, -0.2) is 0 Å². The Morgan fingerprint density at radius 3 is 2.42 bits per heavy atom. The number of benzene rings is 2. The highest BCUT2D eigenvalue weighted by molar-refractivity contribution is 7.99. The lowest BCUT2D eigenvalue weighted by atomic mass is 10.1. The summed E-state index contributed by atoms with van der Waals surface area (Å²) in [6.07, 6.45) is 0.696. The highest BCUT2D eigenvalue weighted by atomic mass is 35.5. The molecule has 0 bridgehead atoms. The molecule has 31 heavy (non-hydrogen) atoms. The number of hydrogen-bond donors (Lipinski definition) is 1. The molecule has 0 radical (unpaired) electrons. The maximum absolute atomic E-state index is 13.0. The van der Waals surface area contributed by atoms with E-state index in [0.717, 1.165) is 11.1 Å². The van der Waals surface area contributed by atoms with Crippen molar-refractivity contribution in [3.63, 3.8) is 0 Å². The smallest absolute Gasteiger partial charge is 0.242 e. The Labute approximate surface area is 199 Å². The Balaban J connectivity index is 2.00. The van der Waals surface area contributed by atoms with Crippen molar-refractivity contribution in [3.8, 4) is 0 Å². The third kappa shape index (κ3) is 8.76. The van der Waals surface area contributed by atoms with Crippen LogP contribution in [0.1, 0.15) is 31.9 Å². The topological polar surface area (TPSA) is 49.4 Å². The molecule has 2 amide bonds. The normalized spacial score (nSPS) is 11.9. The van der Waals surface area contributed by atoms with Crippen molar-refractivity contribution in [2.45, 2.75) is 39.0 Å². The molecule has 2 aromatic carbocycles. The van der Waals surface area contributed by atoms with Crippen molar-refractivity contribution < 1.29 is 9.59 Å². The van der Waals surface area contributed by atoms with Gasteiger partial charge < -0.3 is 10.2 Å². The van der Waals surface area contributed by atoms with Gasteiger partial charge in [0.05, 0.1) is 5.75 Å². The molecular formula is C24H30Cl2N2O2S. The van der Waals surface area contributed by atoms with Crippen LogP contribution in [0, 0.1) is 5.92 Å². The summed E-state index contributed by atoms with van der Waals surface area (Å²) >= 11 is 13.7. The van der Waals surface area contributed by atoms with Crippen LogP contribution in [0.3, 0.4) is 0 Å². The molecule has 4 nitrogen and oxygen atoms in total. The molecular weight excluding hydrogens is 451 g/mol. The standard InChI is InChI=1S/C24H30Cl2N2O2S/c1-17(2)14-27-24(30)18(3)28(12-11-19-7-5-4-6-8-19)23(29)16-31-15-20-9-10-21(25)13-22(20)26/h4-10,13,17-18H,11-12,14-16H2,1-3H3,(H,27,30). The van der Waals surface area contributed by atoms with Gasteiger partial charge >= 0.3 is 0 Å². The van der Waals surface area contributed by atoms with E-state index in [4.69, 9.17) is 23.2 Å². The molecule has 1 atom stereocenters. The third-order valence-electron chi connectivity index (χ3n) is 4.83. The van der Waals surface area contributed by atoms with E-state index >= 15 is 0 Å². The van der Waals surface area contributed by atoms with Crippen molar-refractivity contribution in [2.75, 3.05) is 18.8 Å². The largest absolute Gasteiger partial charge is 0.354 e. The van der Waals surface area contributed by atoms with Crippen LogP contribution in [0.4, 0.5) is 0 Å². The number of hydrogen-bond acceptors (Lipinski definition) is 3. The first kappa shape index (κ1) is 25.6. The number of amides is 2. The predicted molar refractivity (Wildman–Crippen MR) is 132 cm³/mol. The lowest BCUT2D eigenvalue weighted by Gasteiger charge is -2.29. The number of thioether (sulfide) groups is 1. The second-order valence-corrected chi connectivity index (χ2v) is 9.70. The first-order valence-corrected chi connectivity index (χ1v) is 12.3. The van der Waals surface area contributed by atoms with Crippen LogP contribution in [-0.4, -0.2) is 41.6 Å². The summed E-state index contributed by atoms with van der Waals surface area (Å²) in [5, 5.41) is 4.12. The molecule has 0 saturated carbocycles. The van der Waals surface area contributed by atoms with Crippen molar-refractivity contribution in [1.29, 1.82) is 0 Å². The van der Waals surface area contributed by atoms with E-state index in [-0.39, 0.29) is 17.6 Å². The second-order valence-electron chi connectivity index (χ2n) is 7.87. The van der Waals surface area contributed by atoms with Gasteiger partial charge in [0.15, 0.2) is 0 Å². The monoisotopic (exact) mass is 480 g/mol. The summed E-state index contributed by atoms with van der Waals surface area (Å²) in [5.74, 6) is 1.04. The van der Waals surface area contributed by atoms with E-state index in [1.54, 1.807) is 24.0 Å². The van der Waals surface area contributed by atoms with E-state index in [0.29, 0.717) is 41.2 Å². The number of nitrogens with one attached hydrogen (secondary N) is 1. The molecule has 0 spiro atoms. The van der Waals surface area contributed by atoms with Gasteiger partial charge in [-0.3, -0.25) is 9.59 Å². The Morgan fingerprint density at radius 1 is 1.06 bits per heavy atom. The molecule has 2 aromatic rings. The number of carbonyl (C=O) groups excluding carboxylic acids is 2. The number of nitrogens with zero attached hydrogens (tertiary/aromatic N) is 1. The van der Waals surface area contributed by atoms with Crippen molar-refractivity contribution in [3.05, 3.63) is 69.7 Å². The fourth-order valence-corrected chi connectivity index (χ4v) is 4.46. The average molecular weight is 481 g/mol. The van der Waals surface area contributed by atoms with Crippen molar-refractivity contribution in [2.24, 2.45) is 5.92 Å². The minimum absolute atomic E-state index is 0.0572. The van der Waals surface area contributed by atoms with Gasteiger partial charge in [0.1, 0.15) is 6.04 Å². The Morgan fingerprint density at radius 2 is 1.77 bits per heavy atom. The molecule has 0 aromatic heterocycles. The van der Waals surface area contributed by atoms with Crippen molar-refractivity contribution >= 4 is 46.8 Å². The SMILES string of the molecule is CC(C)CNC(=O)C(C)N(CCc1ccccc1)C(=O)CSCc1ccc(Cl)cc1Cl. The molecule has 2 rings (SSSR count). The summed E-state index contributed by atoms with van der Waals surface area (Å²) in [4.78, 5) is 27.4. The zero-order chi connectivity index (χ0) is 22.8. The molecule has 0 fully saturated rings. The molecule has 0 aliphatic rings. The van der Waals surface area contributed by atoms with Crippen LogP contribution in [0.15, 0.2) is 48.5 Å². The first-order valence-electron chi connectivity index (χ1n) is 10.4. The van der Waals surface area contributed by atoms with Crippen LogP contribution in [0.25, 0.3) is 0 Å². The molecule has 0 saturated heterocycles. The number of carbonyl (C=O) groups is 2. The van der Waals surface area contributed by atoms with Gasteiger partial charge in [-0.1, -0.05) is 73.4 Å². The lowest BCUT2D eigenvalue weighted by molar-refractivity contribution is -0.138. The fraction of sp³-hybridized carbons (Fsp3) is 0.417. The summed E-state index contributed by atoms with van der Waals surface area (Å²) in [6.45, 7) is 6.96. The van der Waals surface area contributed by atoms with Gasteiger partial charge in [-0.05, 0) is 42.5 Å². The zero-order valence-electron chi connectivity index (χ0n) is 18.2. The first-order chi connectivity index (χ1) is 14.8. The minimum Gasteiger partial charge on any atom is -0.354 e. The van der Waals surface area contributed by atoms with E-state index in [2.05, 4.69) is 5.32 Å². The highest BCUT2D eigenvalue weighted by Gasteiger charge is 2.25. The maximum atomic E-state index is 13.0. The van der Waals surface area contributed by atoms with Crippen molar-refractivity contribution in [1.82, 2.24) is 10.2 Å². The molecule has 7 heteroatoms. The van der Waals surface area contributed by atoms with Gasteiger partial charge in [0.25, 0.3) is 0 Å². The molecule has 0 aliphatic carbocycles. The van der Waals surface area contributed by atoms with Gasteiger partial charge in [0.2, 0.25) is 11.8 Å². The molecule has 1 N–H and O–H groups in total. The summed E-state index contributed by atoms with van der Waals surface area (Å²) in [6, 6.07) is 14.8. The van der Waals surface area contributed by atoms with Crippen LogP contribution >= 0.6 is 35.0 Å². The van der Waals surface area contributed by atoms with Crippen LogP contribution in [0.2, 0.25) is 10.0 Å². The Kier molecular flexibility index (Phi) is 10.7. The van der Waals surface area contributed by atoms with Crippen LogP contribution in [-0.2, 0) is 21.8 Å². The molecule has 0 aliphatic heterocycles. The van der Waals surface area contributed by atoms with E-state index in [1.165, 1.54) is 11.8 Å². The second kappa shape index (κ2) is 13.0. The van der Waals surface area contributed by atoms with E-state index < -0.39 is 6.04 Å². The van der Waals surface area contributed by atoms with E-state index in [9.17, 15) is 9.59 Å². The van der Waals surface area contributed by atoms with Crippen LogP contribution in [0.5, 0.6) is 0 Å². The maximum Gasteiger partial charge on any atom is 0.242 e. The Bertz CT molecular complexity index is 862.